The van der Waals surface area contributed by atoms with Crippen LogP contribution in [0.2, 0.25) is 0 Å². The van der Waals surface area contributed by atoms with E-state index in [9.17, 15) is 8.42 Å². The molecule has 2 aromatic rings. The molecule has 7 heteroatoms. The molecule has 0 saturated heterocycles. The zero-order valence-electron chi connectivity index (χ0n) is 10.7. The van der Waals surface area contributed by atoms with E-state index >= 15 is 0 Å². The summed E-state index contributed by atoms with van der Waals surface area (Å²) in [7, 11) is -3.75. The minimum atomic E-state index is -3.75. The van der Waals surface area contributed by atoms with Crippen molar-refractivity contribution in [2.75, 3.05) is 0 Å². The van der Waals surface area contributed by atoms with Gasteiger partial charge in [0.2, 0.25) is 10.0 Å². The molecule has 2 N–H and O–H groups in total. The third-order valence-electron chi connectivity index (χ3n) is 3.39. The van der Waals surface area contributed by atoms with Crippen LogP contribution >= 0.6 is 0 Å². The van der Waals surface area contributed by atoms with E-state index in [1.165, 1.54) is 12.1 Å². The summed E-state index contributed by atoms with van der Waals surface area (Å²) in [5.74, 6) is 1.89. The molecule has 3 heterocycles. The number of sulfonamides is 1. The lowest BCUT2D eigenvalue weighted by Crippen LogP contribution is -2.14. The second-order valence-corrected chi connectivity index (χ2v) is 6.34. The van der Waals surface area contributed by atoms with Gasteiger partial charge in [-0.1, -0.05) is 6.07 Å². The van der Waals surface area contributed by atoms with Gasteiger partial charge in [0, 0.05) is 18.0 Å². The highest BCUT2D eigenvalue weighted by Gasteiger charge is 2.43. The molecule has 1 unspecified atom stereocenters. The number of ether oxygens (including phenoxy) is 2. The highest BCUT2D eigenvalue weighted by molar-refractivity contribution is 7.89. The molecule has 0 radical (unpaired) electrons. The molecule has 0 aliphatic carbocycles. The van der Waals surface area contributed by atoms with E-state index in [1.807, 2.05) is 12.1 Å². The van der Waals surface area contributed by atoms with Gasteiger partial charge in [0.15, 0.2) is 17.6 Å². The van der Waals surface area contributed by atoms with Crippen LogP contribution in [0.25, 0.3) is 5.76 Å². The minimum Gasteiger partial charge on any atom is -0.477 e. The van der Waals surface area contributed by atoms with Crippen molar-refractivity contribution in [3.8, 4) is 5.75 Å². The molecule has 0 spiro atoms. The Hall–Kier alpha value is -2.38. The van der Waals surface area contributed by atoms with E-state index < -0.39 is 10.0 Å². The van der Waals surface area contributed by atoms with Gasteiger partial charge in [-0.25, -0.2) is 13.6 Å². The molecular formula is C14H10N2O4S. The van der Waals surface area contributed by atoms with Gasteiger partial charge >= 0.3 is 0 Å². The smallest absolute Gasteiger partial charge is 0.238 e. The van der Waals surface area contributed by atoms with Crippen LogP contribution in [0.4, 0.5) is 0 Å². The van der Waals surface area contributed by atoms with E-state index in [1.54, 1.807) is 18.5 Å². The predicted molar refractivity (Wildman–Crippen MR) is 73.4 cm³/mol. The number of nitrogens with two attached hydrogens (primary N) is 1. The molecule has 1 atom stereocenters. The number of hydrogen-bond donors (Lipinski definition) is 1. The van der Waals surface area contributed by atoms with Crippen molar-refractivity contribution >= 4 is 15.8 Å². The quantitative estimate of drug-likeness (QED) is 0.908. The first kappa shape index (κ1) is 12.4. The molecular weight excluding hydrogens is 292 g/mol. The van der Waals surface area contributed by atoms with Gasteiger partial charge in [-0.2, -0.15) is 0 Å². The summed E-state index contributed by atoms with van der Waals surface area (Å²) in [4.78, 5) is 4.10. The highest BCUT2D eigenvalue weighted by atomic mass is 32.2. The first-order valence-corrected chi connectivity index (χ1v) is 7.74. The van der Waals surface area contributed by atoms with Gasteiger partial charge in [-0.05, 0) is 24.3 Å². The van der Waals surface area contributed by atoms with Crippen LogP contribution in [0, 0.1) is 0 Å². The lowest BCUT2D eigenvalue weighted by Gasteiger charge is -2.18. The van der Waals surface area contributed by atoms with Crippen LogP contribution in [-0.2, 0) is 14.8 Å². The van der Waals surface area contributed by atoms with Crippen molar-refractivity contribution in [3.05, 3.63) is 59.6 Å². The number of aromatic nitrogens is 1. The van der Waals surface area contributed by atoms with Crippen LogP contribution in [0.5, 0.6) is 5.75 Å². The molecule has 6 nitrogen and oxygen atoms in total. The summed E-state index contributed by atoms with van der Waals surface area (Å²) in [5, 5.41) is 5.13. The zero-order chi connectivity index (χ0) is 14.6. The zero-order valence-corrected chi connectivity index (χ0v) is 11.5. The van der Waals surface area contributed by atoms with Gasteiger partial charge in [0.1, 0.15) is 5.75 Å². The van der Waals surface area contributed by atoms with Crippen LogP contribution in [0.1, 0.15) is 17.2 Å². The molecule has 1 aromatic carbocycles. The van der Waals surface area contributed by atoms with E-state index in [0.717, 1.165) is 5.56 Å². The Kier molecular flexibility index (Phi) is 2.39. The van der Waals surface area contributed by atoms with Crippen molar-refractivity contribution in [2.24, 2.45) is 5.14 Å². The Bertz CT molecular complexity index is 875. The lowest BCUT2D eigenvalue weighted by atomic mass is 10.1. The summed E-state index contributed by atoms with van der Waals surface area (Å²) in [6.07, 6.45) is 3.05. The summed E-state index contributed by atoms with van der Waals surface area (Å²) in [6.45, 7) is 0. The summed E-state index contributed by atoms with van der Waals surface area (Å²) < 4.78 is 34.2. The third-order valence-corrected chi connectivity index (χ3v) is 4.30. The Labute approximate surface area is 120 Å². The maximum atomic E-state index is 11.4. The number of benzene rings is 1. The topological polar surface area (TPSA) is 94.8 Å². The summed E-state index contributed by atoms with van der Waals surface area (Å²) in [5.41, 5.74) is 1.49. The normalized spacial score (nSPS) is 19.2. The molecule has 0 bridgehead atoms. The average Bonchev–Trinajstić information content (AvgIpc) is 3.26. The number of pyridine rings is 1. The maximum Gasteiger partial charge on any atom is 0.238 e. The van der Waals surface area contributed by atoms with Crippen molar-refractivity contribution in [1.29, 1.82) is 0 Å². The fourth-order valence-electron chi connectivity index (χ4n) is 2.34. The van der Waals surface area contributed by atoms with Crippen molar-refractivity contribution < 1.29 is 17.9 Å². The maximum absolute atomic E-state index is 11.4. The molecule has 2 aliphatic rings. The minimum absolute atomic E-state index is 0.0343. The molecule has 4 rings (SSSR count). The number of fused-ring (bicyclic) bond motifs is 2. The Morgan fingerprint density at radius 3 is 2.81 bits per heavy atom. The number of primary sulfonamides is 1. The number of hydrogen-bond acceptors (Lipinski definition) is 5. The van der Waals surface area contributed by atoms with Crippen LogP contribution in [-0.4, -0.2) is 13.4 Å². The standard InChI is InChI=1S/C14H10N2O4S/c15-21(17,18)9-3-4-11-10(6-9)13-14(20-13)12(19-11)8-2-1-5-16-7-8/h1-7,12H,(H2,15,17,18). The second kappa shape index (κ2) is 4.06. The predicted octanol–water partition coefficient (Wildman–Crippen LogP) is 1.56. The highest BCUT2D eigenvalue weighted by Crippen LogP contribution is 2.52. The number of rotatable bonds is 2. The van der Waals surface area contributed by atoms with Gasteiger partial charge in [-0.15, -0.1) is 0 Å². The average molecular weight is 302 g/mol. The van der Waals surface area contributed by atoms with Gasteiger partial charge in [0.05, 0.1) is 10.5 Å². The van der Waals surface area contributed by atoms with Gasteiger partial charge in [-0.3, -0.25) is 4.98 Å². The molecule has 2 aliphatic heterocycles. The van der Waals surface area contributed by atoms with Crippen molar-refractivity contribution in [1.82, 2.24) is 4.98 Å². The lowest BCUT2D eigenvalue weighted by molar-refractivity contribution is 0.219. The first-order valence-electron chi connectivity index (χ1n) is 6.20. The fraction of sp³-hybridized carbons (Fsp3) is 0.0714. The first-order chi connectivity index (χ1) is 10.0. The van der Waals surface area contributed by atoms with Gasteiger partial charge in [0.25, 0.3) is 0 Å². The summed E-state index contributed by atoms with van der Waals surface area (Å²) >= 11 is 0. The second-order valence-electron chi connectivity index (χ2n) is 4.78. The van der Waals surface area contributed by atoms with Crippen molar-refractivity contribution in [2.45, 2.75) is 11.0 Å². The summed E-state index contributed by atoms with van der Waals surface area (Å²) in [6, 6.07) is 8.19. The van der Waals surface area contributed by atoms with E-state index in [4.69, 9.17) is 14.6 Å². The Balaban J connectivity index is 1.78. The molecule has 1 aromatic heterocycles. The van der Waals surface area contributed by atoms with E-state index in [-0.39, 0.29) is 11.0 Å². The SMILES string of the molecule is NS(=O)(=O)c1ccc2c(c1)C1=C(O1)C(c1cccnc1)O2. The Morgan fingerprint density at radius 1 is 1.24 bits per heavy atom. The number of nitrogens with zero attached hydrogens (tertiary/aromatic N) is 1. The fourth-order valence-corrected chi connectivity index (χ4v) is 2.88. The van der Waals surface area contributed by atoms with Crippen LogP contribution < -0.4 is 9.88 Å². The molecule has 21 heavy (non-hydrogen) atoms. The van der Waals surface area contributed by atoms with E-state index in [2.05, 4.69) is 4.98 Å². The molecule has 0 amide bonds. The van der Waals surface area contributed by atoms with Crippen molar-refractivity contribution in [3.63, 3.8) is 0 Å². The molecule has 106 valence electrons. The van der Waals surface area contributed by atoms with Crippen LogP contribution in [0.3, 0.4) is 0 Å². The van der Waals surface area contributed by atoms with Crippen LogP contribution in [0.15, 0.2) is 53.4 Å². The third kappa shape index (κ3) is 1.98. The van der Waals surface area contributed by atoms with Gasteiger partial charge < -0.3 is 9.47 Å². The van der Waals surface area contributed by atoms with E-state index in [0.29, 0.717) is 22.8 Å². The molecule has 0 fully saturated rings. The largest absolute Gasteiger partial charge is 0.477 e. The monoisotopic (exact) mass is 302 g/mol. The Morgan fingerprint density at radius 2 is 2.10 bits per heavy atom. The molecule has 0 saturated carbocycles.